The summed E-state index contributed by atoms with van der Waals surface area (Å²) in [4.78, 5) is 14.3. The van der Waals surface area contributed by atoms with Crippen molar-refractivity contribution in [2.45, 2.75) is 75.6 Å². The van der Waals surface area contributed by atoms with Gasteiger partial charge in [-0.25, -0.2) is 4.39 Å². The van der Waals surface area contributed by atoms with Crippen molar-refractivity contribution in [1.82, 2.24) is 20.2 Å². The number of aliphatic hydroxyl groups is 1. The van der Waals surface area contributed by atoms with Crippen LogP contribution in [0, 0.1) is 11.7 Å². The predicted molar refractivity (Wildman–Crippen MR) is 179 cm³/mol. The van der Waals surface area contributed by atoms with Gasteiger partial charge in [0.25, 0.3) is 0 Å². The van der Waals surface area contributed by atoms with Crippen molar-refractivity contribution in [3.05, 3.63) is 53.3 Å². The first kappa shape index (κ1) is 30.1. The molecule has 1 aliphatic carbocycles. The highest BCUT2D eigenvalue weighted by atomic mass is 35.5. The summed E-state index contributed by atoms with van der Waals surface area (Å²) in [5, 5.41) is 27.3. The largest absolute Gasteiger partial charge is 0.508 e. The molecule has 3 aliphatic heterocycles. The number of aliphatic hydroxyl groups excluding tert-OH is 1. The minimum absolute atomic E-state index is 0.0348. The lowest BCUT2D eigenvalue weighted by atomic mass is 9.91. The second-order valence-electron chi connectivity index (χ2n) is 14.2. The molecule has 3 aromatic carbocycles. The zero-order valence-corrected chi connectivity index (χ0v) is 26.9. The molecule has 46 heavy (non-hydrogen) atoms. The number of benzene rings is 3. The van der Waals surface area contributed by atoms with Gasteiger partial charge < -0.3 is 25.2 Å². The maximum atomic E-state index is 16.9. The maximum absolute atomic E-state index is 16.9. The highest BCUT2D eigenvalue weighted by Crippen LogP contribution is 2.43. The Morgan fingerprint density at radius 3 is 2.76 bits per heavy atom. The third-order valence-corrected chi connectivity index (χ3v) is 11.1. The molecule has 4 aromatic rings. The molecule has 3 N–H and O–H groups in total. The number of hydrogen-bond donors (Lipinski definition) is 3. The van der Waals surface area contributed by atoms with E-state index in [0.717, 1.165) is 81.9 Å². The second kappa shape index (κ2) is 11.8. The fourth-order valence-corrected chi connectivity index (χ4v) is 8.82. The molecule has 10 heteroatoms. The summed E-state index contributed by atoms with van der Waals surface area (Å²) < 4.78 is 23.2. The highest BCUT2D eigenvalue weighted by molar-refractivity contribution is 6.35. The first-order valence-corrected chi connectivity index (χ1v) is 17.1. The van der Waals surface area contributed by atoms with Crippen LogP contribution in [0.15, 0.2) is 42.5 Å². The van der Waals surface area contributed by atoms with Gasteiger partial charge in [-0.15, -0.1) is 0 Å². The molecule has 0 spiro atoms. The topological polar surface area (TPSA) is 94.0 Å². The fraction of sp³-hybridized carbons (Fsp3) is 0.500. The molecule has 3 unspecified atom stereocenters. The number of halogens is 2. The van der Waals surface area contributed by atoms with Gasteiger partial charge in [0.1, 0.15) is 17.1 Å². The number of phenolic OH excluding ortho intramolecular Hbond substituents is 1. The summed E-state index contributed by atoms with van der Waals surface area (Å²) in [5.74, 6) is 0.378. The smallest absolute Gasteiger partial charge is 0.319 e. The Kier molecular flexibility index (Phi) is 7.71. The van der Waals surface area contributed by atoms with Crippen LogP contribution in [-0.4, -0.2) is 81.6 Å². The predicted octanol–water partition coefficient (Wildman–Crippen LogP) is 6.28. The number of nitrogens with zero attached hydrogens (tertiary/aromatic N) is 4. The van der Waals surface area contributed by atoms with Gasteiger partial charge in [0.2, 0.25) is 0 Å². The van der Waals surface area contributed by atoms with Gasteiger partial charge in [-0.05, 0) is 80.1 Å². The van der Waals surface area contributed by atoms with Gasteiger partial charge >= 0.3 is 6.01 Å². The molecule has 1 aromatic heterocycles. The van der Waals surface area contributed by atoms with E-state index in [1.165, 1.54) is 0 Å². The summed E-state index contributed by atoms with van der Waals surface area (Å²) in [6.45, 7) is 5.93. The Labute approximate surface area is 273 Å². The number of phenols is 1. The number of anilines is 1. The summed E-state index contributed by atoms with van der Waals surface area (Å²) in [5.41, 5.74) is 0.801. The normalized spacial score (nSPS) is 28.4. The summed E-state index contributed by atoms with van der Waals surface area (Å²) in [7, 11) is 0. The number of aromatic hydroxyl groups is 1. The van der Waals surface area contributed by atoms with Gasteiger partial charge in [0, 0.05) is 54.1 Å². The minimum Gasteiger partial charge on any atom is -0.508 e. The highest BCUT2D eigenvalue weighted by Gasteiger charge is 2.42. The number of fused-ring (bicyclic) bond motifs is 4. The van der Waals surface area contributed by atoms with E-state index in [2.05, 4.69) is 27.0 Å². The molecule has 4 heterocycles. The minimum atomic E-state index is -0.561. The van der Waals surface area contributed by atoms with Crippen molar-refractivity contribution in [2.24, 2.45) is 5.92 Å². The lowest BCUT2D eigenvalue weighted by Crippen LogP contribution is -2.58. The van der Waals surface area contributed by atoms with Crippen molar-refractivity contribution in [3.8, 4) is 22.9 Å². The zero-order chi connectivity index (χ0) is 31.6. The molecule has 0 amide bonds. The van der Waals surface area contributed by atoms with Crippen LogP contribution in [0.3, 0.4) is 0 Å². The fourth-order valence-electron chi connectivity index (χ4n) is 8.53. The van der Waals surface area contributed by atoms with Gasteiger partial charge in [-0.2, -0.15) is 9.97 Å². The number of likely N-dealkylation sites (tertiary alicyclic amines) is 1. The van der Waals surface area contributed by atoms with E-state index in [1.54, 1.807) is 18.2 Å². The molecule has 242 valence electrons. The first-order valence-electron chi connectivity index (χ1n) is 16.7. The second-order valence-corrected chi connectivity index (χ2v) is 14.6. The monoisotopic (exact) mass is 645 g/mol. The van der Waals surface area contributed by atoms with Crippen LogP contribution in [0.1, 0.15) is 51.9 Å². The van der Waals surface area contributed by atoms with Gasteiger partial charge in [-0.3, -0.25) is 4.90 Å². The third kappa shape index (κ3) is 5.45. The zero-order valence-electron chi connectivity index (χ0n) is 26.2. The molecule has 2 bridgehead atoms. The number of ether oxygens (including phenoxy) is 1. The van der Waals surface area contributed by atoms with E-state index in [0.29, 0.717) is 29.4 Å². The lowest BCUT2D eigenvalue weighted by molar-refractivity contribution is 0.0283. The van der Waals surface area contributed by atoms with E-state index >= 15 is 4.39 Å². The van der Waals surface area contributed by atoms with Gasteiger partial charge in [0.05, 0.1) is 17.7 Å². The molecule has 8 rings (SSSR count). The molecule has 0 radical (unpaired) electrons. The first-order chi connectivity index (χ1) is 22.2. The summed E-state index contributed by atoms with van der Waals surface area (Å²) in [6, 6.07) is 13.2. The molecule has 4 aliphatic rings. The number of rotatable bonds is 6. The molecule has 4 fully saturated rings. The number of nitrogens with one attached hydrogen (secondary N) is 1. The Bertz CT molecular complexity index is 1810. The number of aromatic nitrogens is 2. The quantitative estimate of drug-likeness (QED) is 0.226. The van der Waals surface area contributed by atoms with Crippen molar-refractivity contribution in [2.75, 3.05) is 37.7 Å². The Balaban J connectivity index is 1.17. The van der Waals surface area contributed by atoms with E-state index in [9.17, 15) is 10.2 Å². The third-order valence-electron chi connectivity index (χ3n) is 10.8. The van der Waals surface area contributed by atoms with E-state index in [1.807, 2.05) is 24.3 Å². The van der Waals surface area contributed by atoms with Crippen LogP contribution in [0.5, 0.6) is 11.8 Å². The molecule has 1 saturated carbocycles. The van der Waals surface area contributed by atoms with Crippen molar-refractivity contribution < 1.29 is 19.3 Å². The van der Waals surface area contributed by atoms with Crippen molar-refractivity contribution in [3.63, 3.8) is 0 Å². The average molecular weight is 646 g/mol. The molecule has 3 saturated heterocycles. The Hall–Kier alpha value is -3.24. The van der Waals surface area contributed by atoms with Crippen molar-refractivity contribution in [1.29, 1.82) is 0 Å². The Morgan fingerprint density at radius 2 is 1.91 bits per heavy atom. The van der Waals surface area contributed by atoms with Crippen LogP contribution in [0.2, 0.25) is 5.02 Å². The maximum Gasteiger partial charge on any atom is 0.319 e. The summed E-state index contributed by atoms with van der Waals surface area (Å²) >= 11 is 6.92. The molecule has 5 atom stereocenters. The number of piperazine rings is 1. The van der Waals surface area contributed by atoms with Gasteiger partial charge in [0.15, 0.2) is 5.82 Å². The SMILES string of the molecule is C[C@]12CCC(CN(c3nc(OC[C@H]4CCN(C5CCCCC5O)C4)nc4c(F)c(-c5cc(O)cc6ccccc56)c(Cl)cc34)C1)N2. The van der Waals surface area contributed by atoms with E-state index in [4.69, 9.17) is 21.3 Å². The van der Waals surface area contributed by atoms with Gasteiger partial charge in [-0.1, -0.05) is 48.7 Å². The van der Waals surface area contributed by atoms with Crippen LogP contribution < -0.4 is 15.0 Å². The van der Waals surface area contributed by atoms with Crippen LogP contribution in [0.25, 0.3) is 32.8 Å². The molecule has 8 nitrogen and oxygen atoms in total. The standard InChI is InChI=1S/C36H41ClFN5O3/c1-36-12-10-23(41-36)18-43(20-36)34-27-16-28(37)31(26-15-24(44)14-22-6-2-3-7-25(22)26)32(38)33(27)39-35(40-34)46-19-21-11-13-42(17-21)29-8-4-5-9-30(29)45/h2-3,6-7,14-16,21,23,29-30,41,44-45H,4-5,8-13,17-20H2,1H3/t21-,23?,29?,30?,36-/m0/s1. The molecular weight excluding hydrogens is 605 g/mol. The van der Waals surface area contributed by atoms with Crippen LogP contribution >= 0.6 is 11.6 Å². The van der Waals surface area contributed by atoms with Crippen LogP contribution in [-0.2, 0) is 0 Å². The Morgan fingerprint density at radius 1 is 1.07 bits per heavy atom. The molecular formula is C36H41ClFN5O3. The lowest BCUT2D eigenvalue weighted by Gasteiger charge is -2.40. The average Bonchev–Trinajstić information content (AvgIpc) is 3.62. The van der Waals surface area contributed by atoms with Crippen LogP contribution in [0.4, 0.5) is 10.2 Å². The van der Waals surface area contributed by atoms with E-state index in [-0.39, 0.29) is 51.5 Å². The van der Waals surface area contributed by atoms with E-state index < -0.39 is 5.82 Å². The van der Waals surface area contributed by atoms with Crippen molar-refractivity contribution >= 4 is 39.1 Å². The number of hydrogen-bond acceptors (Lipinski definition) is 8. The summed E-state index contributed by atoms with van der Waals surface area (Å²) in [6.07, 6.45) is 7.03.